The summed E-state index contributed by atoms with van der Waals surface area (Å²) < 4.78 is 48.3. The quantitative estimate of drug-likeness (QED) is 0.0472. The molecule has 0 aliphatic carbocycles. The molecule has 6 aromatic carbocycles. The van der Waals surface area contributed by atoms with Gasteiger partial charge in [0.25, 0.3) is 0 Å². The van der Waals surface area contributed by atoms with Crippen LogP contribution in [0.5, 0.6) is 46.0 Å². The minimum Gasteiger partial charge on any atom is -0.493 e. The summed E-state index contributed by atoms with van der Waals surface area (Å²) >= 11 is 0. The molecular formula is C41H32O11P2. The normalized spacial score (nSPS) is 10.6. The van der Waals surface area contributed by atoms with Crippen LogP contribution < -0.4 is 36.6 Å². The molecule has 0 fully saturated rings. The predicted octanol–water partition coefficient (Wildman–Crippen LogP) is 10.1. The molecule has 0 saturated carbocycles. The van der Waals surface area contributed by atoms with Crippen LogP contribution in [-0.2, 0) is 0 Å². The van der Waals surface area contributed by atoms with Crippen LogP contribution in [0.3, 0.4) is 0 Å². The zero-order chi connectivity index (χ0) is 37.7. The largest absolute Gasteiger partial charge is 0.530 e. The average Bonchev–Trinajstić information content (AvgIpc) is 3.21. The first kappa shape index (κ1) is 37.4. The zero-order valence-corrected chi connectivity index (χ0v) is 30.7. The van der Waals surface area contributed by atoms with Crippen molar-refractivity contribution < 1.29 is 51.0 Å². The second-order valence-electron chi connectivity index (χ2n) is 10.9. The maximum atomic E-state index is 14.4. The van der Waals surface area contributed by atoms with E-state index in [1.54, 1.807) is 146 Å². The number of carbonyl (C=O) groups is 3. The van der Waals surface area contributed by atoms with Crippen molar-refractivity contribution in [1.29, 1.82) is 0 Å². The summed E-state index contributed by atoms with van der Waals surface area (Å²) in [4.78, 5) is 38.1. The van der Waals surface area contributed by atoms with Crippen molar-refractivity contribution in [2.45, 2.75) is 0 Å². The fourth-order valence-corrected chi connectivity index (χ4v) is 7.06. The van der Waals surface area contributed by atoms with E-state index in [1.165, 1.54) is 14.2 Å². The van der Waals surface area contributed by atoms with Gasteiger partial charge >= 0.3 is 17.2 Å². The molecule has 0 unspecified atom stereocenters. The molecule has 6 aromatic rings. The fraction of sp³-hybridized carbons (Fsp3) is 0.0488. The zero-order valence-electron chi connectivity index (χ0n) is 28.9. The Hall–Kier alpha value is -6.41. The van der Waals surface area contributed by atoms with Gasteiger partial charge < -0.3 is 36.6 Å². The lowest BCUT2D eigenvalue weighted by Gasteiger charge is -2.22. The summed E-state index contributed by atoms with van der Waals surface area (Å²) in [6, 6.07) is 40.3. The van der Waals surface area contributed by atoms with Gasteiger partial charge in [-0.3, -0.25) is 14.4 Å². The van der Waals surface area contributed by atoms with E-state index in [4.69, 9.17) is 36.6 Å². The molecule has 0 radical (unpaired) electrons. The number of ketones is 1. The summed E-state index contributed by atoms with van der Waals surface area (Å²) in [5.41, 5.74) is 0.801. The first-order chi connectivity index (χ1) is 26.5. The van der Waals surface area contributed by atoms with Crippen LogP contribution in [0, 0.1) is 0 Å². The topological polar surface area (TPSA) is 125 Å². The van der Waals surface area contributed by atoms with Gasteiger partial charge in [0.05, 0.1) is 36.5 Å². The molecule has 0 saturated heterocycles. The van der Waals surface area contributed by atoms with Gasteiger partial charge in [0.2, 0.25) is 5.78 Å². The monoisotopic (exact) mass is 762 g/mol. The molecule has 0 N–H and O–H groups in total. The van der Waals surface area contributed by atoms with E-state index in [-0.39, 0.29) is 45.3 Å². The Morgan fingerprint density at radius 3 is 1.04 bits per heavy atom. The number of ether oxygens (including phenoxy) is 2. The molecule has 0 atom stereocenters. The van der Waals surface area contributed by atoms with Crippen molar-refractivity contribution in [3.63, 3.8) is 0 Å². The highest BCUT2D eigenvalue weighted by Crippen LogP contribution is 2.49. The number of rotatable bonds is 18. The molecule has 272 valence electrons. The van der Waals surface area contributed by atoms with Crippen molar-refractivity contribution >= 4 is 35.6 Å². The minimum absolute atomic E-state index is 0.105. The second kappa shape index (κ2) is 18.4. The molecule has 13 heteroatoms. The number of hydrogen-bond donors (Lipinski definition) is 0. The van der Waals surface area contributed by atoms with Gasteiger partial charge in [-0.15, -0.1) is 0 Å². The highest BCUT2D eigenvalue weighted by atomic mass is 31.2. The lowest BCUT2D eigenvalue weighted by Crippen LogP contribution is -2.10. The summed E-state index contributed by atoms with van der Waals surface area (Å²) in [6.07, 6.45) is 1.28. The van der Waals surface area contributed by atoms with E-state index in [1.807, 2.05) is 0 Å². The van der Waals surface area contributed by atoms with Crippen molar-refractivity contribution in [3.8, 4) is 46.0 Å². The highest BCUT2D eigenvalue weighted by molar-refractivity contribution is 7.43. The van der Waals surface area contributed by atoms with Crippen LogP contribution >= 0.6 is 17.2 Å². The Labute approximate surface area is 313 Å². The van der Waals surface area contributed by atoms with E-state index in [9.17, 15) is 14.4 Å². The number of aldehydes is 2. The molecule has 0 heterocycles. The molecular weight excluding hydrogens is 730 g/mol. The number of hydrogen-bond acceptors (Lipinski definition) is 11. The number of carbonyl (C=O) groups excluding carboxylic acids is 3. The Bertz CT molecular complexity index is 2130. The van der Waals surface area contributed by atoms with Crippen molar-refractivity contribution in [2.75, 3.05) is 14.2 Å². The molecule has 0 spiro atoms. The van der Waals surface area contributed by atoms with Crippen molar-refractivity contribution in [1.82, 2.24) is 0 Å². The summed E-state index contributed by atoms with van der Waals surface area (Å²) in [6.45, 7) is 0. The maximum absolute atomic E-state index is 14.4. The lowest BCUT2D eigenvalue weighted by molar-refractivity contribution is 0.103. The molecule has 0 aliphatic rings. The lowest BCUT2D eigenvalue weighted by atomic mass is 10.0. The average molecular weight is 763 g/mol. The minimum atomic E-state index is -2.39. The number of para-hydroxylation sites is 8. The number of methoxy groups -OCH3 is 2. The third-order valence-corrected chi connectivity index (χ3v) is 9.61. The Kier molecular flexibility index (Phi) is 12.7. The standard InChI is InChI=1S/C41H32O11P2/c1-45-37-23-11-13-25-39(37)51-54(52-40-26-14-12-24-38(40)46-2)50-36-22-10-6-18-32(36)41(44)31-17-5-9-21-35(31)49-53(47-33-19-7-3-15-29(33)27-42)48-34-20-8-4-16-30(34)28-43/h3-28H,1-2H3. The van der Waals surface area contributed by atoms with Gasteiger partial charge in [-0.25, -0.2) is 0 Å². The maximum Gasteiger partial charge on any atom is 0.530 e. The van der Waals surface area contributed by atoms with E-state index in [0.29, 0.717) is 35.6 Å². The SMILES string of the molecule is COc1ccccc1OP(Oc1ccccc1OC)Oc1ccccc1C(=O)c1ccccc1OP(Oc1ccccc1C=O)Oc1ccccc1C=O. The van der Waals surface area contributed by atoms with Gasteiger partial charge in [0.15, 0.2) is 35.6 Å². The van der Waals surface area contributed by atoms with E-state index >= 15 is 0 Å². The van der Waals surface area contributed by atoms with Gasteiger partial charge in [-0.2, -0.15) is 0 Å². The van der Waals surface area contributed by atoms with Gasteiger partial charge in [0, 0.05) is 0 Å². The molecule has 0 bridgehead atoms. The van der Waals surface area contributed by atoms with Gasteiger partial charge in [0.1, 0.15) is 23.0 Å². The Balaban J connectivity index is 1.33. The summed E-state index contributed by atoms with van der Waals surface area (Å²) in [7, 11) is -1.63. The molecule has 6 rings (SSSR count). The van der Waals surface area contributed by atoms with Crippen molar-refractivity contribution in [3.05, 3.63) is 168 Å². The predicted molar refractivity (Wildman–Crippen MR) is 204 cm³/mol. The summed E-state index contributed by atoms with van der Waals surface area (Å²) in [5, 5.41) is 0. The van der Waals surface area contributed by atoms with Crippen molar-refractivity contribution in [2.24, 2.45) is 0 Å². The van der Waals surface area contributed by atoms with Gasteiger partial charge in [-0.1, -0.05) is 72.8 Å². The van der Waals surface area contributed by atoms with E-state index in [2.05, 4.69) is 0 Å². The summed E-state index contributed by atoms with van der Waals surface area (Å²) in [5.74, 6) is 1.75. The highest BCUT2D eigenvalue weighted by Gasteiger charge is 2.29. The van der Waals surface area contributed by atoms with Crippen LogP contribution in [0.25, 0.3) is 0 Å². The fourth-order valence-electron chi connectivity index (χ4n) is 4.92. The van der Waals surface area contributed by atoms with Crippen LogP contribution in [0.15, 0.2) is 146 Å². The first-order valence-corrected chi connectivity index (χ1v) is 18.5. The molecule has 0 aliphatic heterocycles. The van der Waals surface area contributed by atoms with E-state index in [0.717, 1.165) is 0 Å². The molecule has 0 amide bonds. The van der Waals surface area contributed by atoms with Crippen LogP contribution in [0.4, 0.5) is 0 Å². The van der Waals surface area contributed by atoms with E-state index < -0.39 is 23.0 Å². The van der Waals surface area contributed by atoms with Crippen LogP contribution in [-0.4, -0.2) is 32.6 Å². The molecule has 54 heavy (non-hydrogen) atoms. The molecule has 11 nitrogen and oxygen atoms in total. The Morgan fingerprint density at radius 1 is 0.389 bits per heavy atom. The smallest absolute Gasteiger partial charge is 0.493 e. The Morgan fingerprint density at radius 2 is 0.667 bits per heavy atom. The van der Waals surface area contributed by atoms with Gasteiger partial charge in [-0.05, 0) is 72.8 Å². The third kappa shape index (κ3) is 9.14. The first-order valence-electron chi connectivity index (χ1n) is 16.3. The molecule has 0 aromatic heterocycles. The third-order valence-electron chi connectivity index (χ3n) is 7.53. The van der Waals surface area contributed by atoms with Crippen LogP contribution in [0.2, 0.25) is 0 Å². The number of benzene rings is 6. The second-order valence-corrected chi connectivity index (χ2v) is 12.9. The van der Waals surface area contributed by atoms with Crippen LogP contribution in [0.1, 0.15) is 36.6 Å².